The number of hydrogen-bond donors (Lipinski definition) is 1. The van der Waals surface area contributed by atoms with Gasteiger partial charge in [0.2, 0.25) is 0 Å². The van der Waals surface area contributed by atoms with Crippen LogP contribution in [-0.2, 0) is 16.6 Å². The molecule has 1 N–H and O–H groups in total. The number of aryl methyl sites for hydroxylation is 2. The maximum Gasteiger partial charge on any atom is 0.262 e. The van der Waals surface area contributed by atoms with Crippen LogP contribution in [0.1, 0.15) is 12.6 Å². The van der Waals surface area contributed by atoms with Crippen LogP contribution in [0.15, 0.2) is 41.4 Å². The van der Waals surface area contributed by atoms with Crippen LogP contribution in [-0.4, -0.2) is 18.2 Å². The molecule has 0 radical (unpaired) electrons. The average molecular weight is 265 g/mol. The summed E-state index contributed by atoms with van der Waals surface area (Å²) in [5.41, 5.74) is 1.18. The number of benzene rings is 1. The van der Waals surface area contributed by atoms with E-state index in [0.717, 1.165) is 0 Å². The van der Waals surface area contributed by atoms with Crippen molar-refractivity contribution >= 4 is 15.7 Å². The fraction of sp³-hybridized carbons (Fsp3) is 0.250. The first-order chi connectivity index (χ1) is 8.53. The first-order valence-electron chi connectivity index (χ1n) is 5.65. The van der Waals surface area contributed by atoms with Crippen molar-refractivity contribution in [3.8, 4) is 0 Å². The zero-order valence-electron chi connectivity index (χ0n) is 10.3. The Morgan fingerprint density at radius 3 is 2.50 bits per heavy atom. The first kappa shape index (κ1) is 12.6. The molecule has 0 amide bonds. The predicted octanol–water partition coefficient (Wildman–Crippen LogP) is 2.01. The minimum absolute atomic E-state index is 0.244. The van der Waals surface area contributed by atoms with Gasteiger partial charge in [0.15, 0.2) is 0 Å². The van der Waals surface area contributed by atoms with Crippen molar-refractivity contribution in [1.82, 2.24) is 9.78 Å². The van der Waals surface area contributed by atoms with Crippen molar-refractivity contribution < 1.29 is 8.42 Å². The molecule has 1 aromatic carbocycles. The standard InChI is InChI=1S/C12H15N3O2S/c1-3-15-9-12(10(2)13-15)14-18(16,17)11-7-5-4-6-8-11/h4-9,14H,3H2,1-2H3. The van der Waals surface area contributed by atoms with Crippen LogP contribution in [0.4, 0.5) is 5.69 Å². The number of nitrogens with zero attached hydrogens (tertiary/aromatic N) is 2. The number of sulfonamides is 1. The Kier molecular flexibility index (Phi) is 3.38. The molecule has 1 heterocycles. The van der Waals surface area contributed by atoms with Gasteiger partial charge >= 0.3 is 0 Å². The van der Waals surface area contributed by atoms with Gasteiger partial charge in [-0.2, -0.15) is 5.10 Å². The van der Waals surface area contributed by atoms with Crippen molar-refractivity contribution in [3.05, 3.63) is 42.2 Å². The van der Waals surface area contributed by atoms with E-state index >= 15 is 0 Å². The third kappa shape index (κ3) is 2.53. The molecule has 0 saturated carbocycles. The lowest BCUT2D eigenvalue weighted by Gasteiger charge is -2.06. The Bertz CT molecular complexity index is 633. The summed E-state index contributed by atoms with van der Waals surface area (Å²) in [6.45, 7) is 4.42. The van der Waals surface area contributed by atoms with Crippen LogP contribution in [0.25, 0.3) is 0 Å². The minimum Gasteiger partial charge on any atom is -0.276 e. The van der Waals surface area contributed by atoms with Crippen LogP contribution in [0.2, 0.25) is 0 Å². The summed E-state index contributed by atoms with van der Waals surface area (Å²) in [5, 5.41) is 4.20. The summed E-state index contributed by atoms with van der Waals surface area (Å²) < 4.78 is 28.4. The van der Waals surface area contributed by atoms with Crippen LogP contribution < -0.4 is 4.72 Å². The summed E-state index contributed by atoms with van der Waals surface area (Å²) in [6, 6.07) is 8.27. The first-order valence-corrected chi connectivity index (χ1v) is 7.13. The van der Waals surface area contributed by atoms with E-state index in [-0.39, 0.29) is 4.90 Å². The van der Waals surface area contributed by atoms with Gasteiger partial charge in [-0.05, 0) is 26.0 Å². The second-order valence-electron chi connectivity index (χ2n) is 3.90. The highest BCUT2D eigenvalue weighted by Crippen LogP contribution is 2.18. The molecule has 0 atom stereocenters. The van der Waals surface area contributed by atoms with Crippen molar-refractivity contribution in [3.63, 3.8) is 0 Å². The molecule has 1 aromatic heterocycles. The Labute approximate surface area is 107 Å². The smallest absolute Gasteiger partial charge is 0.262 e. The zero-order chi connectivity index (χ0) is 13.2. The summed E-state index contributed by atoms with van der Waals surface area (Å²) in [6.07, 6.45) is 1.69. The summed E-state index contributed by atoms with van der Waals surface area (Å²) in [7, 11) is -3.53. The highest BCUT2D eigenvalue weighted by Gasteiger charge is 2.16. The van der Waals surface area contributed by atoms with Gasteiger partial charge in [0.1, 0.15) is 0 Å². The lowest BCUT2D eigenvalue weighted by Crippen LogP contribution is -2.13. The Morgan fingerprint density at radius 2 is 1.94 bits per heavy atom. The van der Waals surface area contributed by atoms with Crippen molar-refractivity contribution in [2.45, 2.75) is 25.3 Å². The lowest BCUT2D eigenvalue weighted by atomic mass is 10.4. The van der Waals surface area contributed by atoms with Crippen molar-refractivity contribution in [1.29, 1.82) is 0 Å². The molecule has 0 aliphatic rings. The van der Waals surface area contributed by atoms with E-state index in [4.69, 9.17) is 0 Å². The highest BCUT2D eigenvalue weighted by molar-refractivity contribution is 7.92. The minimum atomic E-state index is -3.53. The lowest BCUT2D eigenvalue weighted by molar-refractivity contribution is 0.601. The van der Waals surface area contributed by atoms with E-state index in [1.165, 1.54) is 0 Å². The van der Waals surface area contributed by atoms with Crippen molar-refractivity contribution in [2.24, 2.45) is 0 Å². The van der Waals surface area contributed by atoms with E-state index in [0.29, 0.717) is 17.9 Å². The fourth-order valence-corrected chi connectivity index (χ4v) is 2.71. The molecule has 0 aliphatic carbocycles. The zero-order valence-corrected chi connectivity index (χ0v) is 11.1. The molecule has 0 saturated heterocycles. The van der Waals surface area contributed by atoms with Gasteiger partial charge in [0.25, 0.3) is 10.0 Å². The molecule has 0 bridgehead atoms. The number of aromatic nitrogens is 2. The van der Waals surface area contributed by atoms with Gasteiger partial charge < -0.3 is 0 Å². The largest absolute Gasteiger partial charge is 0.276 e. The fourth-order valence-electron chi connectivity index (χ4n) is 1.58. The predicted molar refractivity (Wildman–Crippen MR) is 69.9 cm³/mol. The van der Waals surface area contributed by atoms with Crippen molar-refractivity contribution in [2.75, 3.05) is 4.72 Å². The third-order valence-electron chi connectivity index (χ3n) is 2.57. The average Bonchev–Trinajstić information content (AvgIpc) is 2.71. The normalized spacial score (nSPS) is 11.4. The molecule has 5 nitrogen and oxygen atoms in total. The Morgan fingerprint density at radius 1 is 1.28 bits per heavy atom. The number of rotatable bonds is 4. The van der Waals surface area contributed by atoms with E-state index in [2.05, 4.69) is 9.82 Å². The van der Waals surface area contributed by atoms with Crippen LogP contribution in [0, 0.1) is 6.92 Å². The summed E-state index contributed by atoms with van der Waals surface area (Å²) in [5.74, 6) is 0. The maximum absolute atomic E-state index is 12.1. The number of anilines is 1. The molecular weight excluding hydrogens is 250 g/mol. The van der Waals surface area contributed by atoms with Gasteiger partial charge in [-0.15, -0.1) is 0 Å². The van der Waals surface area contributed by atoms with Crippen LogP contribution >= 0.6 is 0 Å². The van der Waals surface area contributed by atoms with Gasteiger partial charge in [-0.25, -0.2) is 8.42 Å². The molecule has 0 aliphatic heterocycles. The second kappa shape index (κ2) is 4.81. The summed E-state index contributed by atoms with van der Waals surface area (Å²) in [4.78, 5) is 0.244. The molecule has 2 aromatic rings. The number of nitrogens with one attached hydrogen (secondary N) is 1. The number of hydrogen-bond acceptors (Lipinski definition) is 3. The maximum atomic E-state index is 12.1. The van der Waals surface area contributed by atoms with E-state index in [1.54, 1.807) is 48.1 Å². The monoisotopic (exact) mass is 265 g/mol. The molecule has 0 spiro atoms. The molecule has 0 fully saturated rings. The summed E-state index contributed by atoms with van der Waals surface area (Å²) >= 11 is 0. The van der Waals surface area contributed by atoms with E-state index in [1.807, 2.05) is 6.92 Å². The van der Waals surface area contributed by atoms with Gasteiger partial charge in [-0.3, -0.25) is 9.40 Å². The van der Waals surface area contributed by atoms with Crippen LogP contribution in [0.3, 0.4) is 0 Å². The molecule has 2 rings (SSSR count). The molecular formula is C12H15N3O2S. The quantitative estimate of drug-likeness (QED) is 0.919. The SMILES string of the molecule is CCn1cc(NS(=O)(=O)c2ccccc2)c(C)n1. The Hall–Kier alpha value is -1.82. The molecule has 96 valence electrons. The van der Waals surface area contributed by atoms with E-state index in [9.17, 15) is 8.42 Å². The van der Waals surface area contributed by atoms with Gasteiger partial charge in [0.05, 0.1) is 16.3 Å². The molecule has 18 heavy (non-hydrogen) atoms. The topological polar surface area (TPSA) is 64.0 Å². The molecule has 6 heteroatoms. The third-order valence-corrected chi connectivity index (χ3v) is 3.95. The van der Waals surface area contributed by atoms with Gasteiger partial charge in [-0.1, -0.05) is 18.2 Å². The molecule has 0 unspecified atom stereocenters. The van der Waals surface area contributed by atoms with E-state index < -0.39 is 10.0 Å². The Balaban J connectivity index is 2.31. The van der Waals surface area contributed by atoms with Crippen LogP contribution in [0.5, 0.6) is 0 Å². The van der Waals surface area contributed by atoms with Gasteiger partial charge in [0, 0.05) is 12.7 Å². The highest BCUT2D eigenvalue weighted by atomic mass is 32.2. The second-order valence-corrected chi connectivity index (χ2v) is 5.58.